The monoisotopic (exact) mass is 333 g/mol. The van der Waals surface area contributed by atoms with Crippen LogP contribution in [-0.2, 0) is 11.8 Å². The molecule has 0 radical (unpaired) electrons. The largest absolute Gasteiger partial charge is 0.497 e. The van der Waals surface area contributed by atoms with Gasteiger partial charge in [0.15, 0.2) is 0 Å². The maximum absolute atomic E-state index is 5.44. The van der Waals surface area contributed by atoms with E-state index in [1.165, 1.54) is 21.3 Å². The van der Waals surface area contributed by atoms with Crippen LogP contribution in [0, 0.1) is 0 Å². The first-order valence-electron chi connectivity index (χ1n) is 7.01. The lowest BCUT2D eigenvalue weighted by molar-refractivity contribution is 0.409. The summed E-state index contributed by atoms with van der Waals surface area (Å²) in [4.78, 5) is 2.38. The van der Waals surface area contributed by atoms with E-state index in [1.54, 1.807) is 7.11 Å². The summed E-state index contributed by atoms with van der Waals surface area (Å²) in [5.41, 5.74) is 4.31. The molecule has 2 aliphatic rings. The predicted molar refractivity (Wildman–Crippen MR) is 86.4 cm³/mol. The molecular formula is C17H20BrNO. The van der Waals surface area contributed by atoms with Gasteiger partial charge in [-0.15, -0.1) is 6.58 Å². The molecule has 0 bridgehead atoms. The van der Waals surface area contributed by atoms with Crippen LogP contribution in [0.3, 0.4) is 0 Å². The van der Waals surface area contributed by atoms with Gasteiger partial charge in [-0.25, -0.2) is 0 Å². The van der Waals surface area contributed by atoms with Gasteiger partial charge in [-0.05, 0) is 36.1 Å². The molecule has 0 N–H and O–H groups in total. The predicted octanol–water partition coefficient (Wildman–Crippen LogP) is 4.01. The standard InChI is InChI=1S/C17H20BrNO/c1-4-7-17-8-9-19(2)16(17)15(18)10-12-5-6-13(20-3)11-14(12)17/h4-6,11H,1,7-10H2,2-3H3. The van der Waals surface area contributed by atoms with Crippen LogP contribution < -0.4 is 4.74 Å². The van der Waals surface area contributed by atoms with Crippen LogP contribution in [0.4, 0.5) is 0 Å². The Balaban J connectivity index is 2.23. The number of likely N-dealkylation sites (tertiary alicyclic amines) is 1. The first-order valence-corrected chi connectivity index (χ1v) is 7.80. The zero-order valence-corrected chi connectivity index (χ0v) is 13.7. The Hall–Kier alpha value is -1.22. The highest BCUT2D eigenvalue weighted by Crippen LogP contribution is 2.52. The third-order valence-electron chi connectivity index (χ3n) is 4.64. The third kappa shape index (κ3) is 1.83. The van der Waals surface area contributed by atoms with Gasteiger partial charge in [0, 0.05) is 35.6 Å². The molecule has 0 aromatic heterocycles. The lowest BCUT2D eigenvalue weighted by atomic mass is 9.69. The second-order valence-corrected chi connectivity index (χ2v) is 6.66. The number of hydrogen-bond acceptors (Lipinski definition) is 2. The number of halogens is 1. The Kier molecular flexibility index (Phi) is 3.41. The van der Waals surface area contributed by atoms with Gasteiger partial charge < -0.3 is 9.64 Å². The van der Waals surface area contributed by atoms with E-state index in [2.05, 4.69) is 52.7 Å². The van der Waals surface area contributed by atoms with E-state index in [-0.39, 0.29) is 5.41 Å². The molecule has 106 valence electrons. The average Bonchev–Trinajstić information content (AvgIpc) is 2.78. The lowest BCUT2D eigenvalue weighted by Gasteiger charge is -2.38. The first kappa shape index (κ1) is 13.7. The summed E-state index contributed by atoms with van der Waals surface area (Å²) in [6.45, 7) is 5.08. The quantitative estimate of drug-likeness (QED) is 0.775. The summed E-state index contributed by atoms with van der Waals surface area (Å²) in [6.07, 6.45) is 5.13. The highest BCUT2D eigenvalue weighted by Gasteiger charge is 2.46. The molecule has 1 aliphatic carbocycles. The zero-order chi connectivity index (χ0) is 14.3. The fraction of sp³-hybridized carbons (Fsp3) is 0.412. The number of benzene rings is 1. The number of allylic oxidation sites excluding steroid dienone is 3. The molecule has 2 nitrogen and oxygen atoms in total. The van der Waals surface area contributed by atoms with Crippen molar-refractivity contribution in [3.63, 3.8) is 0 Å². The Labute approximate surface area is 129 Å². The second kappa shape index (κ2) is 4.96. The van der Waals surface area contributed by atoms with E-state index in [9.17, 15) is 0 Å². The highest BCUT2D eigenvalue weighted by molar-refractivity contribution is 9.11. The molecule has 0 spiro atoms. The van der Waals surface area contributed by atoms with Gasteiger partial charge in [0.2, 0.25) is 0 Å². The molecule has 1 unspecified atom stereocenters. The Bertz CT molecular complexity index is 593. The van der Waals surface area contributed by atoms with Crippen LogP contribution in [-0.4, -0.2) is 25.6 Å². The number of rotatable bonds is 3. The minimum absolute atomic E-state index is 0.0669. The normalized spacial score (nSPS) is 24.4. The van der Waals surface area contributed by atoms with E-state index >= 15 is 0 Å². The van der Waals surface area contributed by atoms with Crippen LogP contribution in [0.2, 0.25) is 0 Å². The first-order chi connectivity index (χ1) is 9.62. The molecule has 1 atom stereocenters. The molecule has 20 heavy (non-hydrogen) atoms. The summed E-state index contributed by atoms with van der Waals surface area (Å²) >= 11 is 3.82. The summed E-state index contributed by atoms with van der Waals surface area (Å²) in [5.74, 6) is 0.944. The van der Waals surface area contributed by atoms with E-state index in [0.29, 0.717) is 0 Å². The maximum atomic E-state index is 5.44. The summed E-state index contributed by atoms with van der Waals surface area (Å²) in [5, 5.41) is 0. The number of likely N-dealkylation sites (N-methyl/N-ethyl adjacent to an activating group) is 1. The van der Waals surface area contributed by atoms with E-state index in [0.717, 1.165) is 31.6 Å². The van der Waals surface area contributed by atoms with Crippen molar-refractivity contribution in [2.45, 2.75) is 24.7 Å². The fourth-order valence-electron chi connectivity index (χ4n) is 3.77. The van der Waals surface area contributed by atoms with Crippen molar-refractivity contribution in [2.75, 3.05) is 20.7 Å². The number of nitrogens with zero attached hydrogens (tertiary/aromatic N) is 1. The molecule has 3 heteroatoms. The van der Waals surface area contributed by atoms with Gasteiger partial charge in [-0.3, -0.25) is 0 Å². The number of hydrogen-bond donors (Lipinski definition) is 0. The molecule has 1 heterocycles. The molecule has 1 saturated heterocycles. The molecule has 0 saturated carbocycles. The molecule has 1 aromatic rings. The summed E-state index contributed by atoms with van der Waals surface area (Å²) in [7, 11) is 3.92. The van der Waals surface area contributed by atoms with Crippen molar-refractivity contribution in [3.8, 4) is 5.75 Å². The van der Waals surface area contributed by atoms with E-state index < -0.39 is 0 Å². The van der Waals surface area contributed by atoms with Gasteiger partial charge in [-0.2, -0.15) is 0 Å². The maximum Gasteiger partial charge on any atom is 0.119 e. The van der Waals surface area contributed by atoms with Crippen LogP contribution in [0.5, 0.6) is 5.75 Å². The molecule has 1 fully saturated rings. The smallest absolute Gasteiger partial charge is 0.119 e. The van der Waals surface area contributed by atoms with Crippen molar-refractivity contribution < 1.29 is 4.74 Å². The van der Waals surface area contributed by atoms with Crippen LogP contribution in [0.25, 0.3) is 0 Å². The lowest BCUT2D eigenvalue weighted by Crippen LogP contribution is -2.32. The fourth-order valence-corrected chi connectivity index (χ4v) is 4.76. The minimum atomic E-state index is 0.0669. The summed E-state index contributed by atoms with van der Waals surface area (Å²) in [6, 6.07) is 6.48. The van der Waals surface area contributed by atoms with Crippen molar-refractivity contribution in [3.05, 3.63) is 52.2 Å². The van der Waals surface area contributed by atoms with Crippen LogP contribution >= 0.6 is 15.9 Å². The number of methoxy groups -OCH3 is 1. The van der Waals surface area contributed by atoms with Crippen molar-refractivity contribution in [2.24, 2.45) is 0 Å². The highest BCUT2D eigenvalue weighted by atomic mass is 79.9. The van der Waals surface area contributed by atoms with Crippen molar-refractivity contribution in [1.29, 1.82) is 0 Å². The number of ether oxygens (including phenoxy) is 1. The van der Waals surface area contributed by atoms with Gasteiger partial charge in [-0.1, -0.05) is 28.1 Å². The summed E-state index contributed by atoms with van der Waals surface area (Å²) < 4.78 is 6.76. The van der Waals surface area contributed by atoms with Gasteiger partial charge in [0.1, 0.15) is 5.75 Å². The third-order valence-corrected chi connectivity index (χ3v) is 5.29. The Morgan fingerprint density at radius 3 is 3.00 bits per heavy atom. The van der Waals surface area contributed by atoms with E-state index in [4.69, 9.17) is 4.74 Å². The van der Waals surface area contributed by atoms with E-state index in [1.807, 2.05) is 6.08 Å². The van der Waals surface area contributed by atoms with Gasteiger partial charge >= 0.3 is 0 Å². The molecular weight excluding hydrogens is 314 g/mol. The SMILES string of the molecule is C=CCC12CCN(C)C1=C(Br)Cc1ccc(OC)cc12. The number of fused-ring (bicyclic) bond motifs is 3. The topological polar surface area (TPSA) is 12.5 Å². The van der Waals surface area contributed by atoms with Gasteiger partial charge in [0.05, 0.1) is 7.11 Å². The van der Waals surface area contributed by atoms with Crippen molar-refractivity contribution in [1.82, 2.24) is 4.90 Å². The molecule has 0 amide bonds. The van der Waals surface area contributed by atoms with Crippen molar-refractivity contribution >= 4 is 15.9 Å². The van der Waals surface area contributed by atoms with Crippen LogP contribution in [0.1, 0.15) is 24.0 Å². The van der Waals surface area contributed by atoms with Crippen LogP contribution in [0.15, 0.2) is 41.0 Å². The minimum Gasteiger partial charge on any atom is -0.497 e. The van der Waals surface area contributed by atoms with Gasteiger partial charge in [0.25, 0.3) is 0 Å². The second-order valence-electron chi connectivity index (χ2n) is 5.70. The molecule has 3 rings (SSSR count). The molecule has 1 aliphatic heterocycles. The Morgan fingerprint density at radius 2 is 2.30 bits per heavy atom. The zero-order valence-electron chi connectivity index (χ0n) is 12.1. The average molecular weight is 334 g/mol. The molecule has 1 aromatic carbocycles. The Morgan fingerprint density at radius 1 is 1.50 bits per heavy atom.